The van der Waals surface area contributed by atoms with Gasteiger partial charge in [0.1, 0.15) is 11.3 Å². The summed E-state index contributed by atoms with van der Waals surface area (Å²) >= 11 is 0. The van der Waals surface area contributed by atoms with Crippen LogP contribution in [0.25, 0.3) is 22.3 Å². The number of allylic oxidation sites excluding steroid dienone is 1. The van der Waals surface area contributed by atoms with E-state index in [0.717, 1.165) is 45.8 Å². The predicted octanol–water partition coefficient (Wildman–Crippen LogP) is 4.87. The average molecular weight is 292 g/mol. The lowest BCUT2D eigenvalue weighted by Gasteiger charge is -2.01. The molecule has 0 bridgehead atoms. The van der Waals surface area contributed by atoms with Gasteiger partial charge < -0.3 is 13.9 Å². The molecule has 0 saturated heterocycles. The van der Waals surface area contributed by atoms with Crippen LogP contribution in [0, 0.1) is 6.92 Å². The van der Waals surface area contributed by atoms with Crippen LogP contribution < -0.4 is 9.47 Å². The standard InChI is InChI=1S/C19H16O3/c1-3-4-13-5-7-16-15(9-13)12(2)19(22-16)14-6-8-17-18(10-14)21-11-20-17/h3,5-10H,1,4,11H2,2H3. The Morgan fingerprint density at radius 2 is 1.95 bits per heavy atom. The second kappa shape index (κ2) is 4.95. The summed E-state index contributed by atoms with van der Waals surface area (Å²) in [6, 6.07) is 12.2. The van der Waals surface area contributed by atoms with Gasteiger partial charge in [0.25, 0.3) is 0 Å². The zero-order valence-corrected chi connectivity index (χ0v) is 12.4. The summed E-state index contributed by atoms with van der Waals surface area (Å²) in [5.74, 6) is 2.43. The van der Waals surface area contributed by atoms with Crippen molar-refractivity contribution in [3.8, 4) is 22.8 Å². The maximum atomic E-state index is 6.06. The van der Waals surface area contributed by atoms with E-state index < -0.39 is 0 Å². The molecule has 0 radical (unpaired) electrons. The van der Waals surface area contributed by atoms with Crippen molar-refractivity contribution < 1.29 is 13.9 Å². The number of hydrogen-bond acceptors (Lipinski definition) is 3. The number of benzene rings is 2. The smallest absolute Gasteiger partial charge is 0.231 e. The Bertz CT molecular complexity index is 874. The van der Waals surface area contributed by atoms with Gasteiger partial charge in [-0.2, -0.15) is 0 Å². The molecule has 0 saturated carbocycles. The van der Waals surface area contributed by atoms with Crippen LogP contribution in [0.4, 0.5) is 0 Å². The molecule has 3 nitrogen and oxygen atoms in total. The minimum atomic E-state index is 0.281. The Balaban J connectivity index is 1.84. The van der Waals surface area contributed by atoms with Crippen molar-refractivity contribution in [2.45, 2.75) is 13.3 Å². The number of fused-ring (bicyclic) bond motifs is 2. The first-order valence-electron chi connectivity index (χ1n) is 7.29. The van der Waals surface area contributed by atoms with Crippen LogP contribution in [0.1, 0.15) is 11.1 Å². The quantitative estimate of drug-likeness (QED) is 0.646. The molecule has 0 aliphatic carbocycles. The third-order valence-corrected chi connectivity index (χ3v) is 4.02. The Hall–Kier alpha value is -2.68. The highest BCUT2D eigenvalue weighted by Gasteiger charge is 2.18. The normalized spacial score (nSPS) is 12.8. The minimum Gasteiger partial charge on any atom is -0.456 e. The molecule has 22 heavy (non-hydrogen) atoms. The summed E-state index contributed by atoms with van der Waals surface area (Å²) in [7, 11) is 0. The number of rotatable bonds is 3. The van der Waals surface area contributed by atoms with Gasteiger partial charge in [-0.25, -0.2) is 0 Å². The van der Waals surface area contributed by atoms with E-state index in [1.807, 2.05) is 30.3 Å². The molecule has 2 heterocycles. The van der Waals surface area contributed by atoms with Crippen LogP contribution in [-0.4, -0.2) is 6.79 Å². The molecule has 110 valence electrons. The van der Waals surface area contributed by atoms with E-state index in [9.17, 15) is 0 Å². The van der Waals surface area contributed by atoms with Gasteiger partial charge in [0.05, 0.1) is 0 Å². The molecule has 0 unspecified atom stereocenters. The van der Waals surface area contributed by atoms with Crippen LogP contribution in [0.2, 0.25) is 0 Å². The molecule has 1 aliphatic rings. The highest BCUT2D eigenvalue weighted by Crippen LogP contribution is 2.39. The zero-order valence-electron chi connectivity index (χ0n) is 12.4. The van der Waals surface area contributed by atoms with E-state index in [0.29, 0.717) is 0 Å². The van der Waals surface area contributed by atoms with Gasteiger partial charge in [-0.05, 0) is 49.2 Å². The maximum absolute atomic E-state index is 6.06. The maximum Gasteiger partial charge on any atom is 0.231 e. The average Bonchev–Trinajstić information content (AvgIpc) is 3.12. The zero-order chi connectivity index (χ0) is 15.1. The first kappa shape index (κ1) is 13.0. The summed E-state index contributed by atoms with van der Waals surface area (Å²) in [4.78, 5) is 0. The van der Waals surface area contributed by atoms with Gasteiger partial charge in [0.15, 0.2) is 11.5 Å². The Labute approximate surface area is 128 Å². The van der Waals surface area contributed by atoms with Gasteiger partial charge in [-0.3, -0.25) is 0 Å². The van der Waals surface area contributed by atoms with Crippen LogP contribution >= 0.6 is 0 Å². The molecule has 0 N–H and O–H groups in total. The number of aryl methyl sites for hydroxylation is 1. The van der Waals surface area contributed by atoms with Gasteiger partial charge in [0.2, 0.25) is 6.79 Å². The highest BCUT2D eigenvalue weighted by atomic mass is 16.7. The lowest BCUT2D eigenvalue weighted by molar-refractivity contribution is 0.174. The molecule has 0 amide bonds. The van der Waals surface area contributed by atoms with E-state index in [2.05, 4.69) is 25.6 Å². The summed E-state index contributed by atoms with van der Waals surface area (Å²) in [6.07, 6.45) is 2.77. The molecule has 0 spiro atoms. The summed E-state index contributed by atoms with van der Waals surface area (Å²) < 4.78 is 16.9. The summed E-state index contributed by atoms with van der Waals surface area (Å²) in [5, 5.41) is 1.15. The third kappa shape index (κ3) is 1.98. The van der Waals surface area contributed by atoms with Crippen LogP contribution in [0.5, 0.6) is 11.5 Å². The SMILES string of the molecule is C=CCc1ccc2oc(-c3ccc4c(c3)OCO4)c(C)c2c1. The van der Waals surface area contributed by atoms with Crippen molar-refractivity contribution in [2.24, 2.45) is 0 Å². The minimum absolute atomic E-state index is 0.281. The van der Waals surface area contributed by atoms with Gasteiger partial charge in [-0.1, -0.05) is 12.1 Å². The fraction of sp³-hybridized carbons (Fsp3) is 0.158. The van der Waals surface area contributed by atoms with Crippen molar-refractivity contribution in [3.63, 3.8) is 0 Å². The molecular weight excluding hydrogens is 276 g/mol. The Morgan fingerprint density at radius 3 is 2.82 bits per heavy atom. The number of hydrogen-bond donors (Lipinski definition) is 0. The highest BCUT2D eigenvalue weighted by molar-refractivity contribution is 5.88. The second-order valence-corrected chi connectivity index (χ2v) is 5.45. The molecule has 0 atom stereocenters. The van der Waals surface area contributed by atoms with Crippen LogP contribution in [0.15, 0.2) is 53.5 Å². The van der Waals surface area contributed by atoms with Crippen LogP contribution in [-0.2, 0) is 6.42 Å². The van der Waals surface area contributed by atoms with Crippen molar-refractivity contribution in [2.75, 3.05) is 6.79 Å². The molecule has 0 fully saturated rings. The van der Waals surface area contributed by atoms with E-state index in [1.165, 1.54) is 5.56 Å². The predicted molar refractivity (Wildman–Crippen MR) is 86.4 cm³/mol. The van der Waals surface area contributed by atoms with Crippen molar-refractivity contribution >= 4 is 11.0 Å². The topological polar surface area (TPSA) is 31.6 Å². The van der Waals surface area contributed by atoms with Crippen molar-refractivity contribution in [1.82, 2.24) is 0 Å². The second-order valence-electron chi connectivity index (χ2n) is 5.45. The van der Waals surface area contributed by atoms with Crippen LogP contribution in [0.3, 0.4) is 0 Å². The van der Waals surface area contributed by atoms with E-state index in [1.54, 1.807) is 0 Å². The molecular formula is C19H16O3. The van der Waals surface area contributed by atoms with E-state index in [-0.39, 0.29) is 6.79 Å². The largest absolute Gasteiger partial charge is 0.456 e. The fourth-order valence-corrected chi connectivity index (χ4v) is 2.87. The molecule has 1 aliphatic heterocycles. The molecule has 4 rings (SSSR count). The van der Waals surface area contributed by atoms with Gasteiger partial charge in [-0.15, -0.1) is 6.58 Å². The van der Waals surface area contributed by atoms with Crippen molar-refractivity contribution in [3.05, 3.63) is 60.2 Å². The lowest BCUT2D eigenvalue weighted by atomic mass is 10.0. The van der Waals surface area contributed by atoms with Crippen molar-refractivity contribution in [1.29, 1.82) is 0 Å². The summed E-state index contributed by atoms with van der Waals surface area (Å²) in [6.45, 7) is 6.16. The molecule has 2 aromatic carbocycles. The fourth-order valence-electron chi connectivity index (χ4n) is 2.87. The summed E-state index contributed by atoms with van der Waals surface area (Å²) in [5.41, 5.74) is 4.28. The molecule has 3 heteroatoms. The Morgan fingerprint density at radius 1 is 1.09 bits per heavy atom. The van der Waals surface area contributed by atoms with Gasteiger partial charge >= 0.3 is 0 Å². The first-order chi connectivity index (χ1) is 10.8. The molecule has 1 aromatic heterocycles. The number of furan rings is 1. The first-order valence-corrected chi connectivity index (χ1v) is 7.29. The van der Waals surface area contributed by atoms with Gasteiger partial charge in [0, 0.05) is 16.5 Å². The molecule has 3 aromatic rings. The van der Waals surface area contributed by atoms with E-state index >= 15 is 0 Å². The van der Waals surface area contributed by atoms with E-state index in [4.69, 9.17) is 13.9 Å². The number of ether oxygens (including phenoxy) is 2. The monoisotopic (exact) mass is 292 g/mol. The third-order valence-electron chi connectivity index (χ3n) is 4.02. The Kier molecular flexibility index (Phi) is 2.93. The lowest BCUT2D eigenvalue weighted by Crippen LogP contribution is -1.92.